The number of benzene rings is 2. The van der Waals surface area contributed by atoms with Crippen LogP contribution in [0.5, 0.6) is 23.0 Å². The first kappa shape index (κ1) is 20.8. The van der Waals surface area contributed by atoms with Gasteiger partial charge >= 0.3 is 0 Å². The molecule has 2 aromatic carbocycles. The molecule has 0 heterocycles. The summed E-state index contributed by atoms with van der Waals surface area (Å²) >= 11 is 1.49. The van der Waals surface area contributed by atoms with Gasteiger partial charge < -0.3 is 24.3 Å². The highest BCUT2D eigenvalue weighted by Gasteiger charge is 2.18. The van der Waals surface area contributed by atoms with Gasteiger partial charge in [0.2, 0.25) is 11.7 Å². The van der Waals surface area contributed by atoms with Gasteiger partial charge in [0.1, 0.15) is 5.75 Å². The molecule has 1 atom stereocenters. The van der Waals surface area contributed by atoms with Crippen molar-refractivity contribution >= 4 is 17.7 Å². The van der Waals surface area contributed by atoms with Crippen molar-refractivity contribution in [1.29, 1.82) is 0 Å². The van der Waals surface area contributed by atoms with Crippen LogP contribution in [0.25, 0.3) is 0 Å². The van der Waals surface area contributed by atoms with Crippen LogP contribution in [0.3, 0.4) is 0 Å². The maximum absolute atomic E-state index is 12.5. The van der Waals surface area contributed by atoms with E-state index < -0.39 is 0 Å². The fourth-order valence-electron chi connectivity index (χ4n) is 2.54. The Hall–Kier alpha value is -2.54. The molecule has 2 rings (SSSR count). The van der Waals surface area contributed by atoms with E-state index in [9.17, 15) is 4.79 Å². The van der Waals surface area contributed by atoms with Gasteiger partial charge in [-0.05, 0) is 43.3 Å². The molecule has 0 saturated carbocycles. The Labute approximate surface area is 164 Å². The number of amides is 1. The van der Waals surface area contributed by atoms with Gasteiger partial charge in [0.25, 0.3) is 0 Å². The number of carbonyl (C=O) groups excluding carboxylic acids is 1. The summed E-state index contributed by atoms with van der Waals surface area (Å²) in [5, 5.41) is 2.70. The van der Waals surface area contributed by atoms with Crippen molar-refractivity contribution in [2.24, 2.45) is 0 Å². The van der Waals surface area contributed by atoms with Gasteiger partial charge in [0.15, 0.2) is 11.5 Å². The molecule has 0 aliphatic rings. The molecule has 146 valence electrons. The SMILES string of the molecule is COc1ccc(SC(C)C(=O)NCc2ccc(OC)c(OC)c2OC)cc1. The topological polar surface area (TPSA) is 66.0 Å². The third kappa shape index (κ3) is 5.23. The van der Waals surface area contributed by atoms with Crippen molar-refractivity contribution in [1.82, 2.24) is 5.32 Å². The molecule has 2 aromatic rings. The molecule has 0 aliphatic heterocycles. The first-order chi connectivity index (χ1) is 13.0. The highest BCUT2D eigenvalue weighted by atomic mass is 32.2. The van der Waals surface area contributed by atoms with Crippen molar-refractivity contribution in [3.05, 3.63) is 42.0 Å². The zero-order valence-electron chi connectivity index (χ0n) is 16.2. The second-order valence-corrected chi connectivity index (χ2v) is 7.06. The minimum atomic E-state index is -0.246. The van der Waals surface area contributed by atoms with Crippen LogP contribution in [0.4, 0.5) is 0 Å². The zero-order valence-corrected chi connectivity index (χ0v) is 17.0. The summed E-state index contributed by atoms with van der Waals surface area (Å²) in [5.41, 5.74) is 0.810. The summed E-state index contributed by atoms with van der Waals surface area (Å²) < 4.78 is 21.2. The molecule has 1 amide bonds. The van der Waals surface area contributed by atoms with E-state index in [1.165, 1.54) is 11.8 Å². The maximum atomic E-state index is 12.5. The highest BCUT2D eigenvalue weighted by molar-refractivity contribution is 8.00. The molecule has 0 aromatic heterocycles. The smallest absolute Gasteiger partial charge is 0.233 e. The fourth-order valence-corrected chi connectivity index (χ4v) is 3.43. The lowest BCUT2D eigenvalue weighted by Crippen LogP contribution is -2.30. The van der Waals surface area contributed by atoms with Gasteiger partial charge in [-0.3, -0.25) is 4.79 Å². The van der Waals surface area contributed by atoms with E-state index in [-0.39, 0.29) is 11.2 Å². The van der Waals surface area contributed by atoms with Gasteiger partial charge in [-0.2, -0.15) is 0 Å². The number of thioether (sulfide) groups is 1. The summed E-state index contributed by atoms with van der Waals surface area (Å²) in [6.45, 7) is 2.20. The molecular formula is C20H25NO5S. The molecule has 1 unspecified atom stereocenters. The second-order valence-electron chi connectivity index (χ2n) is 5.65. The average molecular weight is 391 g/mol. The van der Waals surface area contributed by atoms with Gasteiger partial charge in [0, 0.05) is 17.0 Å². The normalized spacial score (nSPS) is 11.4. The van der Waals surface area contributed by atoms with E-state index >= 15 is 0 Å². The lowest BCUT2D eigenvalue weighted by molar-refractivity contribution is -0.120. The summed E-state index contributed by atoms with van der Waals surface area (Å²) in [4.78, 5) is 13.5. The third-order valence-corrected chi connectivity index (χ3v) is 5.09. The predicted octanol–water partition coefficient (Wildman–Crippen LogP) is 3.52. The number of hydrogen-bond acceptors (Lipinski definition) is 6. The maximum Gasteiger partial charge on any atom is 0.233 e. The average Bonchev–Trinajstić information content (AvgIpc) is 2.71. The summed E-state index contributed by atoms with van der Waals surface area (Å²) in [6, 6.07) is 11.3. The monoisotopic (exact) mass is 391 g/mol. The largest absolute Gasteiger partial charge is 0.497 e. The Kier molecular flexibility index (Phi) is 7.67. The fraction of sp³-hybridized carbons (Fsp3) is 0.350. The van der Waals surface area contributed by atoms with Crippen LogP contribution >= 0.6 is 11.8 Å². The summed E-state index contributed by atoms with van der Waals surface area (Å²) in [6.07, 6.45) is 0. The van der Waals surface area contributed by atoms with Crippen LogP contribution in [0, 0.1) is 0 Å². The molecule has 7 heteroatoms. The summed E-state index contributed by atoms with van der Waals surface area (Å²) in [5.74, 6) is 2.36. The van der Waals surface area contributed by atoms with Crippen molar-refractivity contribution in [2.75, 3.05) is 28.4 Å². The second kappa shape index (κ2) is 9.97. The van der Waals surface area contributed by atoms with E-state index in [4.69, 9.17) is 18.9 Å². The van der Waals surface area contributed by atoms with Crippen molar-refractivity contribution in [3.8, 4) is 23.0 Å². The Bertz CT molecular complexity index is 764. The van der Waals surface area contributed by atoms with Crippen LogP contribution < -0.4 is 24.3 Å². The minimum Gasteiger partial charge on any atom is -0.497 e. The molecule has 27 heavy (non-hydrogen) atoms. The lowest BCUT2D eigenvalue weighted by Gasteiger charge is -2.17. The van der Waals surface area contributed by atoms with E-state index in [0.717, 1.165) is 16.2 Å². The lowest BCUT2D eigenvalue weighted by atomic mass is 10.1. The Morgan fingerprint density at radius 3 is 2.15 bits per heavy atom. The van der Waals surface area contributed by atoms with Gasteiger partial charge in [-0.15, -0.1) is 11.8 Å². The Balaban J connectivity index is 2.01. The molecular weight excluding hydrogens is 366 g/mol. The number of hydrogen-bond donors (Lipinski definition) is 1. The molecule has 0 saturated heterocycles. The Morgan fingerprint density at radius 1 is 0.926 bits per heavy atom. The van der Waals surface area contributed by atoms with Crippen LogP contribution in [0.15, 0.2) is 41.3 Å². The first-order valence-electron chi connectivity index (χ1n) is 8.40. The first-order valence-corrected chi connectivity index (χ1v) is 9.28. The summed E-state index contributed by atoms with van der Waals surface area (Å²) in [7, 11) is 6.30. The molecule has 0 fully saturated rings. The quantitative estimate of drug-likeness (QED) is 0.660. The van der Waals surface area contributed by atoms with Gasteiger partial charge in [-0.1, -0.05) is 0 Å². The van der Waals surface area contributed by atoms with Crippen molar-refractivity contribution < 1.29 is 23.7 Å². The number of carbonyl (C=O) groups is 1. The minimum absolute atomic E-state index is 0.0624. The van der Waals surface area contributed by atoms with E-state index in [2.05, 4.69) is 5.32 Å². The molecule has 1 N–H and O–H groups in total. The molecule has 0 aliphatic carbocycles. The molecule has 0 radical (unpaired) electrons. The van der Waals surface area contributed by atoms with Crippen LogP contribution in [-0.2, 0) is 11.3 Å². The van der Waals surface area contributed by atoms with Crippen LogP contribution in [0.2, 0.25) is 0 Å². The van der Waals surface area contributed by atoms with E-state index in [1.54, 1.807) is 34.5 Å². The van der Waals surface area contributed by atoms with Crippen LogP contribution in [-0.4, -0.2) is 39.6 Å². The number of ether oxygens (including phenoxy) is 4. The Morgan fingerprint density at radius 2 is 1.59 bits per heavy atom. The molecule has 6 nitrogen and oxygen atoms in total. The van der Waals surface area contributed by atoms with Crippen molar-refractivity contribution in [3.63, 3.8) is 0 Å². The van der Waals surface area contributed by atoms with E-state index in [1.807, 2.05) is 37.3 Å². The predicted molar refractivity (Wildman–Crippen MR) is 106 cm³/mol. The number of rotatable bonds is 9. The van der Waals surface area contributed by atoms with Crippen molar-refractivity contribution in [2.45, 2.75) is 23.6 Å². The van der Waals surface area contributed by atoms with E-state index in [0.29, 0.717) is 23.8 Å². The third-order valence-electron chi connectivity index (χ3n) is 3.98. The molecule has 0 spiro atoms. The number of methoxy groups -OCH3 is 4. The molecule has 0 bridgehead atoms. The standard InChI is InChI=1S/C20H25NO5S/c1-13(27-16-9-7-15(23-2)8-10-16)20(22)21-12-14-6-11-17(24-3)19(26-5)18(14)25-4/h6-11,13H,12H2,1-5H3,(H,21,22). The van der Waals surface area contributed by atoms with Crippen LogP contribution in [0.1, 0.15) is 12.5 Å². The highest BCUT2D eigenvalue weighted by Crippen LogP contribution is 2.39. The zero-order chi connectivity index (χ0) is 19.8. The number of nitrogens with one attached hydrogen (secondary N) is 1. The van der Waals surface area contributed by atoms with Gasteiger partial charge in [0.05, 0.1) is 33.7 Å². The van der Waals surface area contributed by atoms with Gasteiger partial charge in [-0.25, -0.2) is 0 Å².